The molecule has 2 atom stereocenters. The zero-order valence-electron chi connectivity index (χ0n) is 12.0. The van der Waals surface area contributed by atoms with E-state index >= 15 is 0 Å². The molecule has 0 spiro atoms. The molecule has 104 valence electrons. The van der Waals surface area contributed by atoms with E-state index in [2.05, 4.69) is 51.5 Å². The molecule has 0 aliphatic heterocycles. The highest BCUT2D eigenvalue weighted by Gasteiger charge is 2.18. The minimum atomic E-state index is 0.380. The maximum Gasteiger partial charge on any atom is 0.265 e. The molecule has 2 rings (SSSR count). The zero-order valence-corrected chi connectivity index (χ0v) is 12.0. The quantitative estimate of drug-likeness (QED) is 0.715. The molecular weight excluding hydrogens is 240 g/mol. The normalized spacial score (nSPS) is 14.5. The van der Waals surface area contributed by atoms with Crippen LogP contribution in [0.15, 0.2) is 25.3 Å². The van der Waals surface area contributed by atoms with E-state index < -0.39 is 0 Å². The van der Waals surface area contributed by atoms with Crippen LogP contribution in [0.3, 0.4) is 0 Å². The lowest BCUT2D eigenvalue weighted by Gasteiger charge is -2.14. The summed E-state index contributed by atoms with van der Waals surface area (Å²) >= 11 is 0. The number of hydrogen-bond acceptors (Lipinski definition) is 3. The lowest BCUT2D eigenvalue weighted by Crippen LogP contribution is -2.29. The molecule has 2 heterocycles. The fourth-order valence-corrected chi connectivity index (χ4v) is 2.22. The van der Waals surface area contributed by atoms with E-state index in [1.54, 1.807) is 12.7 Å². The average molecular weight is 263 g/mol. The Morgan fingerprint density at radius 3 is 2.58 bits per heavy atom. The van der Waals surface area contributed by atoms with Gasteiger partial charge in [-0.2, -0.15) is 5.10 Å². The van der Waals surface area contributed by atoms with Crippen LogP contribution in [0.25, 0.3) is 0 Å². The van der Waals surface area contributed by atoms with Crippen molar-refractivity contribution >= 4 is 0 Å². The highest BCUT2D eigenvalue weighted by atomic mass is 15.4. The van der Waals surface area contributed by atoms with E-state index in [9.17, 15) is 0 Å². The van der Waals surface area contributed by atoms with Gasteiger partial charge in [-0.1, -0.05) is 6.92 Å². The fraction of sp³-hybridized carbons (Fsp3) is 0.692. The first-order valence-corrected chi connectivity index (χ1v) is 7.01. The Hall–Kier alpha value is -1.72. The molecule has 2 aromatic heterocycles. The molecule has 0 aliphatic rings. The van der Waals surface area contributed by atoms with Gasteiger partial charge in [0, 0.05) is 5.10 Å². The van der Waals surface area contributed by atoms with Crippen LogP contribution < -0.4 is 4.57 Å². The van der Waals surface area contributed by atoms with Crippen LogP contribution in [0, 0.1) is 0 Å². The van der Waals surface area contributed by atoms with Gasteiger partial charge in [0.15, 0.2) is 0 Å². The van der Waals surface area contributed by atoms with Crippen molar-refractivity contribution in [3.8, 4) is 0 Å². The van der Waals surface area contributed by atoms with Gasteiger partial charge in [-0.3, -0.25) is 4.68 Å². The first-order chi connectivity index (χ1) is 9.24. The number of hydrogen-bond donors (Lipinski definition) is 0. The Balaban J connectivity index is 1.92. The van der Waals surface area contributed by atoms with Crippen molar-refractivity contribution in [3.05, 3.63) is 25.3 Å². The SMILES string of the molecule is CCC(CCC(C)n1cncn1)n1c[n+](CC)cn1. The third-order valence-corrected chi connectivity index (χ3v) is 3.62. The Kier molecular flexibility index (Phi) is 4.65. The van der Waals surface area contributed by atoms with Gasteiger partial charge in [0.2, 0.25) is 6.33 Å². The van der Waals surface area contributed by atoms with Gasteiger partial charge in [0.1, 0.15) is 18.7 Å². The van der Waals surface area contributed by atoms with Crippen LogP contribution in [0.2, 0.25) is 0 Å². The Morgan fingerprint density at radius 1 is 1.16 bits per heavy atom. The van der Waals surface area contributed by atoms with Crippen LogP contribution in [-0.4, -0.2) is 24.5 Å². The summed E-state index contributed by atoms with van der Waals surface area (Å²) in [5, 5.41) is 8.63. The van der Waals surface area contributed by atoms with Crippen LogP contribution in [-0.2, 0) is 6.54 Å². The lowest BCUT2D eigenvalue weighted by molar-refractivity contribution is -0.694. The third-order valence-electron chi connectivity index (χ3n) is 3.62. The maximum atomic E-state index is 4.44. The van der Waals surface area contributed by atoms with Crippen molar-refractivity contribution in [1.29, 1.82) is 0 Å². The highest BCUT2D eigenvalue weighted by molar-refractivity contribution is 4.69. The molecule has 2 aromatic rings. The smallest absolute Gasteiger partial charge is 0.250 e. The van der Waals surface area contributed by atoms with E-state index in [0.29, 0.717) is 12.1 Å². The third kappa shape index (κ3) is 3.39. The number of nitrogens with zero attached hydrogens (tertiary/aromatic N) is 6. The second kappa shape index (κ2) is 6.45. The highest BCUT2D eigenvalue weighted by Crippen LogP contribution is 2.21. The van der Waals surface area contributed by atoms with Crippen LogP contribution >= 0.6 is 0 Å². The molecule has 0 aromatic carbocycles. The average Bonchev–Trinajstić information content (AvgIpc) is 3.10. The molecule has 0 bridgehead atoms. The van der Waals surface area contributed by atoms with Gasteiger partial charge in [-0.15, -0.1) is 4.68 Å². The zero-order chi connectivity index (χ0) is 13.7. The van der Waals surface area contributed by atoms with E-state index in [1.165, 1.54) is 0 Å². The van der Waals surface area contributed by atoms with Crippen molar-refractivity contribution in [3.63, 3.8) is 0 Å². The van der Waals surface area contributed by atoms with Crippen molar-refractivity contribution in [2.45, 2.75) is 58.7 Å². The van der Waals surface area contributed by atoms with Crippen molar-refractivity contribution in [1.82, 2.24) is 24.5 Å². The van der Waals surface area contributed by atoms with Gasteiger partial charge in [-0.05, 0) is 33.1 Å². The second-order valence-corrected chi connectivity index (χ2v) is 4.92. The minimum Gasteiger partial charge on any atom is -0.250 e. The molecular formula is C13H23N6+. The van der Waals surface area contributed by atoms with E-state index in [0.717, 1.165) is 25.8 Å². The van der Waals surface area contributed by atoms with E-state index in [4.69, 9.17) is 0 Å². The topological polar surface area (TPSA) is 52.4 Å². The molecule has 0 saturated carbocycles. The Morgan fingerprint density at radius 2 is 2.00 bits per heavy atom. The summed E-state index contributed by atoms with van der Waals surface area (Å²) in [4.78, 5) is 3.99. The van der Waals surface area contributed by atoms with Crippen LogP contribution in [0.1, 0.15) is 52.1 Å². The number of rotatable bonds is 7. The summed E-state index contributed by atoms with van der Waals surface area (Å²) in [6.07, 6.45) is 10.6. The van der Waals surface area contributed by atoms with Crippen molar-refractivity contribution in [2.24, 2.45) is 0 Å². The van der Waals surface area contributed by atoms with E-state index in [1.807, 2.05) is 11.0 Å². The first-order valence-electron chi connectivity index (χ1n) is 7.01. The molecule has 0 N–H and O–H groups in total. The fourth-order valence-electron chi connectivity index (χ4n) is 2.22. The lowest BCUT2D eigenvalue weighted by atomic mass is 10.1. The van der Waals surface area contributed by atoms with Gasteiger partial charge in [0.25, 0.3) is 6.33 Å². The van der Waals surface area contributed by atoms with Gasteiger partial charge in [-0.25, -0.2) is 9.55 Å². The number of aromatic nitrogens is 6. The Bertz CT molecular complexity index is 475. The molecule has 2 unspecified atom stereocenters. The van der Waals surface area contributed by atoms with Crippen molar-refractivity contribution < 1.29 is 4.57 Å². The summed E-state index contributed by atoms with van der Waals surface area (Å²) in [7, 11) is 0. The van der Waals surface area contributed by atoms with Gasteiger partial charge >= 0.3 is 0 Å². The van der Waals surface area contributed by atoms with Crippen LogP contribution in [0.5, 0.6) is 0 Å². The molecule has 6 heteroatoms. The molecule has 0 amide bonds. The van der Waals surface area contributed by atoms with E-state index in [-0.39, 0.29) is 0 Å². The summed E-state index contributed by atoms with van der Waals surface area (Å²) in [6, 6.07) is 0.837. The summed E-state index contributed by atoms with van der Waals surface area (Å²) in [5.74, 6) is 0. The predicted molar refractivity (Wildman–Crippen MR) is 71.4 cm³/mol. The minimum absolute atomic E-state index is 0.380. The monoisotopic (exact) mass is 263 g/mol. The predicted octanol–water partition coefficient (Wildman–Crippen LogP) is 1.77. The Labute approximate surface area is 114 Å². The summed E-state index contributed by atoms with van der Waals surface area (Å²) < 4.78 is 6.10. The standard InChI is InChI=1S/C13H23N6/c1-4-13(19-11-17(5-2)10-16-19)7-6-12(3)18-9-14-8-15-18/h8-13H,4-7H2,1-3H3/q+1. The van der Waals surface area contributed by atoms with Crippen molar-refractivity contribution in [2.75, 3.05) is 0 Å². The summed E-state index contributed by atoms with van der Waals surface area (Å²) in [5.41, 5.74) is 0. The molecule has 0 saturated heterocycles. The molecule has 19 heavy (non-hydrogen) atoms. The van der Waals surface area contributed by atoms with Gasteiger partial charge in [0.05, 0.1) is 12.6 Å². The largest absolute Gasteiger partial charge is 0.265 e. The molecule has 0 fully saturated rings. The molecule has 0 aliphatic carbocycles. The molecule has 0 radical (unpaired) electrons. The second-order valence-electron chi connectivity index (χ2n) is 4.92. The van der Waals surface area contributed by atoms with Gasteiger partial charge < -0.3 is 0 Å². The maximum absolute atomic E-state index is 4.44. The van der Waals surface area contributed by atoms with Crippen LogP contribution in [0.4, 0.5) is 0 Å². The summed E-state index contributed by atoms with van der Waals surface area (Å²) in [6.45, 7) is 7.48. The molecule has 6 nitrogen and oxygen atoms in total. The first kappa shape index (κ1) is 13.7. The number of aryl methyl sites for hydroxylation is 1.